The Labute approximate surface area is 244 Å². The molecule has 0 radical (unpaired) electrons. The second kappa shape index (κ2) is 11.9. The zero-order valence-corrected chi connectivity index (χ0v) is 23.4. The molecule has 2 aliphatic rings. The molecule has 2 aromatic carbocycles. The van der Waals surface area contributed by atoms with Gasteiger partial charge in [0.05, 0.1) is 16.7 Å². The van der Waals surface area contributed by atoms with Crippen LogP contribution >= 0.6 is 12.2 Å². The van der Waals surface area contributed by atoms with Gasteiger partial charge in [-0.25, -0.2) is 14.4 Å². The fraction of sp³-hybridized carbons (Fsp3) is 0.241. The Hall–Kier alpha value is -4.88. The number of thiocarbonyl (C=S) groups is 1. The number of hydrogen-bond acceptors (Lipinski definition) is 9. The lowest BCUT2D eigenvalue weighted by Crippen LogP contribution is -2.34. The van der Waals surface area contributed by atoms with Crippen LogP contribution in [0.25, 0.3) is 6.08 Å². The number of aromatic nitrogens is 2. The first-order valence-electron chi connectivity index (χ1n) is 12.9. The zero-order valence-electron chi connectivity index (χ0n) is 22.5. The van der Waals surface area contributed by atoms with Gasteiger partial charge in [-0.1, -0.05) is 35.4 Å². The van der Waals surface area contributed by atoms with Crippen LogP contribution in [0.3, 0.4) is 0 Å². The number of aryl methyl sites for hydroxylation is 2. The van der Waals surface area contributed by atoms with Gasteiger partial charge in [-0.15, -0.1) is 0 Å². The van der Waals surface area contributed by atoms with Gasteiger partial charge in [0.2, 0.25) is 0 Å². The van der Waals surface area contributed by atoms with E-state index in [-0.39, 0.29) is 29.4 Å². The third-order valence-corrected chi connectivity index (χ3v) is 6.92. The summed E-state index contributed by atoms with van der Waals surface area (Å²) in [5, 5.41) is 5.11. The summed E-state index contributed by atoms with van der Waals surface area (Å²) in [4.78, 5) is 65.2. The van der Waals surface area contributed by atoms with Gasteiger partial charge in [0.1, 0.15) is 30.7 Å². The van der Waals surface area contributed by atoms with E-state index < -0.39 is 47.5 Å². The second-order valence-electron chi connectivity index (χ2n) is 9.86. The summed E-state index contributed by atoms with van der Waals surface area (Å²) in [5.41, 5.74) is 1.07. The Bertz CT molecular complexity index is 1710. The highest BCUT2D eigenvalue weighted by molar-refractivity contribution is 7.80. The van der Waals surface area contributed by atoms with Crippen molar-refractivity contribution in [1.29, 1.82) is 0 Å². The highest BCUT2D eigenvalue weighted by Crippen LogP contribution is 2.31. The number of nitrogens with zero attached hydrogens (tertiary/aromatic N) is 1. The third kappa shape index (κ3) is 6.37. The van der Waals surface area contributed by atoms with Crippen molar-refractivity contribution in [3.8, 4) is 0 Å². The number of carbonyl (C=O) groups excluding carboxylic acids is 3. The number of aromatic amines is 1. The molecule has 2 fully saturated rings. The lowest BCUT2D eigenvalue weighted by atomic mass is 10.1. The van der Waals surface area contributed by atoms with Crippen molar-refractivity contribution in [2.75, 3.05) is 6.61 Å². The number of hydrogen-bond donors (Lipinski definition) is 3. The molecule has 0 saturated carbocycles. The van der Waals surface area contributed by atoms with Crippen LogP contribution in [0.4, 0.5) is 0 Å². The highest BCUT2D eigenvalue weighted by atomic mass is 32.1. The van der Waals surface area contributed by atoms with Gasteiger partial charge in [0.25, 0.3) is 11.5 Å². The van der Waals surface area contributed by atoms with E-state index in [1.165, 1.54) is 12.3 Å². The molecule has 42 heavy (non-hydrogen) atoms. The lowest BCUT2D eigenvalue weighted by molar-refractivity contribution is -0.115. The molecule has 0 aliphatic carbocycles. The third-order valence-electron chi connectivity index (χ3n) is 6.72. The number of rotatable bonds is 7. The summed E-state index contributed by atoms with van der Waals surface area (Å²) in [6.45, 7) is 3.51. The minimum Gasteiger partial charge on any atom is -0.459 e. The molecule has 5 rings (SSSR count). The van der Waals surface area contributed by atoms with Gasteiger partial charge < -0.3 is 19.5 Å². The maximum atomic E-state index is 12.9. The Morgan fingerprint density at radius 3 is 2.19 bits per heavy atom. The summed E-state index contributed by atoms with van der Waals surface area (Å²) >= 11 is 4.92. The fourth-order valence-corrected chi connectivity index (χ4v) is 4.63. The summed E-state index contributed by atoms with van der Waals surface area (Å²) in [6, 6.07) is 13.6. The predicted octanol–water partition coefficient (Wildman–Crippen LogP) is 1.87. The van der Waals surface area contributed by atoms with Crippen molar-refractivity contribution in [3.05, 3.63) is 109 Å². The number of H-pyrrole nitrogens is 1. The number of esters is 2. The maximum Gasteiger partial charge on any atom is 0.338 e. The molecule has 1 aromatic heterocycles. The highest BCUT2D eigenvalue weighted by Gasteiger charge is 2.40. The van der Waals surface area contributed by atoms with Crippen LogP contribution in [0.5, 0.6) is 0 Å². The minimum absolute atomic E-state index is 0.00906. The molecule has 12 nitrogen and oxygen atoms in total. The van der Waals surface area contributed by atoms with E-state index in [0.717, 1.165) is 15.7 Å². The smallest absolute Gasteiger partial charge is 0.338 e. The minimum atomic E-state index is -1.00. The van der Waals surface area contributed by atoms with Gasteiger partial charge in [0, 0.05) is 12.6 Å². The summed E-state index contributed by atoms with van der Waals surface area (Å²) in [6.07, 6.45) is -0.358. The molecular formula is C29H26N4O8S. The summed E-state index contributed by atoms with van der Waals surface area (Å²) in [7, 11) is 0. The van der Waals surface area contributed by atoms with Crippen LogP contribution in [0.1, 0.15) is 50.1 Å². The fourth-order valence-electron chi connectivity index (χ4n) is 4.43. The number of ether oxygens (including phenoxy) is 3. The maximum absolute atomic E-state index is 12.9. The van der Waals surface area contributed by atoms with Crippen LogP contribution in [-0.4, -0.2) is 51.3 Å². The topological polar surface area (TPSA) is 158 Å². The first kappa shape index (κ1) is 28.6. The molecule has 0 spiro atoms. The van der Waals surface area contributed by atoms with Gasteiger partial charge in [0.15, 0.2) is 5.11 Å². The van der Waals surface area contributed by atoms with Crippen molar-refractivity contribution < 1.29 is 28.6 Å². The zero-order chi connectivity index (χ0) is 30.0. The summed E-state index contributed by atoms with van der Waals surface area (Å²) in [5.74, 6) is -1.75. The van der Waals surface area contributed by atoms with Crippen LogP contribution in [0.15, 0.2) is 70.0 Å². The van der Waals surface area contributed by atoms with Gasteiger partial charge in [-0.3, -0.25) is 24.5 Å². The van der Waals surface area contributed by atoms with Crippen LogP contribution in [-0.2, 0) is 19.0 Å². The molecule has 1 unspecified atom stereocenters. The monoisotopic (exact) mass is 590 g/mol. The van der Waals surface area contributed by atoms with Crippen molar-refractivity contribution in [2.45, 2.75) is 38.7 Å². The standard InChI is InChI=1S/C29H26N4O8S/c1-15-3-7-17(8-4-15)26(36)39-14-22-21(41-27(37)18-9-5-16(2)6-10-18)12-23(40-22)33-13-19(24(34)32-29(33)38)11-20-25(35)31-28(42)30-20/h3-11,13,21-23H,12,14H2,1-2H3,(H,32,34,38)(H2,30,31,35,42)/b20-11-/t21-,22+,23?/m0/s1. The van der Waals surface area contributed by atoms with Gasteiger partial charge in [-0.05, 0) is 56.4 Å². The molecule has 2 saturated heterocycles. The lowest BCUT2D eigenvalue weighted by Gasteiger charge is -2.19. The van der Waals surface area contributed by atoms with E-state index in [2.05, 4.69) is 15.6 Å². The quantitative estimate of drug-likeness (QED) is 0.211. The van der Waals surface area contributed by atoms with Crippen molar-refractivity contribution in [3.63, 3.8) is 0 Å². The number of nitrogens with one attached hydrogen (secondary N) is 3. The molecule has 3 atom stereocenters. The normalized spacial score (nSPS) is 20.7. The van der Waals surface area contributed by atoms with E-state index in [1.807, 2.05) is 13.8 Å². The van der Waals surface area contributed by atoms with Crippen LogP contribution in [0, 0.1) is 13.8 Å². The number of carbonyl (C=O) groups is 3. The van der Waals surface area contributed by atoms with E-state index in [9.17, 15) is 24.0 Å². The van der Waals surface area contributed by atoms with E-state index >= 15 is 0 Å². The predicted molar refractivity (Wildman–Crippen MR) is 154 cm³/mol. The molecular weight excluding hydrogens is 564 g/mol. The molecule has 3 heterocycles. The van der Waals surface area contributed by atoms with Gasteiger partial charge >= 0.3 is 17.6 Å². The van der Waals surface area contributed by atoms with E-state index in [1.54, 1.807) is 48.5 Å². The first-order valence-corrected chi connectivity index (χ1v) is 13.3. The Morgan fingerprint density at radius 2 is 1.60 bits per heavy atom. The summed E-state index contributed by atoms with van der Waals surface area (Å²) < 4.78 is 18.4. The molecule has 0 bridgehead atoms. The Morgan fingerprint density at radius 1 is 0.976 bits per heavy atom. The molecule has 2 aliphatic heterocycles. The van der Waals surface area contributed by atoms with E-state index in [0.29, 0.717) is 11.1 Å². The average molecular weight is 591 g/mol. The van der Waals surface area contributed by atoms with Crippen LogP contribution < -0.4 is 21.9 Å². The molecule has 3 N–H and O–H groups in total. The van der Waals surface area contributed by atoms with E-state index in [4.69, 9.17) is 26.4 Å². The molecule has 3 aromatic rings. The Balaban J connectivity index is 1.40. The second-order valence-corrected chi connectivity index (χ2v) is 10.3. The van der Waals surface area contributed by atoms with Crippen molar-refractivity contribution in [1.82, 2.24) is 20.2 Å². The van der Waals surface area contributed by atoms with Crippen molar-refractivity contribution in [2.24, 2.45) is 0 Å². The first-order chi connectivity index (χ1) is 20.1. The average Bonchev–Trinajstić information content (AvgIpc) is 3.50. The number of amides is 1. The SMILES string of the molecule is Cc1ccc(C(=O)OC[C@H]2OC(n3cc(/C=C4\NC(=S)NC4=O)c(=O)[nH]c3=O)C[C@@H]2OC(=O)c2ccc(C)cc2)cc1. The molecule has 13 heteroatoms. The molecule has 1 amide bonds. The number of benzene rings is 2. The van der Waals surface area contributed by atoms with Gasteiger partial charge in [-0.2, -0.15) is 0 Å². The Kier molecular flexibility index (Phi) is 8.13. The van der Waals surface area contributed by atoms with Crippen LogP contribution in [0.2, 0.25) is 0 Å². The molecule has 216 valence electrons. The largest absolute Gasteiger partial charge is 0.459 e. The van der Waals surface area contributed by atoms with Crippen molar-refractivity contribution >= 4 is 41.3 Å².